The molecule has 1 fully saturated rings. The highest BCUT2D eigenvalue weighted by molar-refractivity contribution is 5.78. The molecule has 1 N–H and O–H groups in total. The van der Waals surface area contributed by atoms with Crippen LogP contribution in [0.2, 0.25) is 0 Å². The van der Waals surface area contributed by atoms with Crippen molar-refractivity contribution in [2.75, 3.05) is 26.7 Å². The van der Waals surface area contributed by atoms with Crippen molar-refractivity contribution in [2.24, 2.45) is 0 Å². The average molecular weight is 228 g/mol. The average Bonchev–Trinajstić information content (AvgIpc) is 2.14. The number of rotatable bonds is 5. The van der Waals surface area contributed by atoms with Gasteiger partial charge in [-0.1, -0.05) is 13.3 Å². The highest BCUT2D eigenvalue weighted by Crippen LogP contribution is 2.25. The lowest BCUT2D eigenvalue weighted by Gasteiger charge is -2.46. The summed E-state index contributed by atoms with van der Waals surface area (Å²) >= 11 is 0. The maximum atomic E-state index is 11.8. The maximum Gasteiger partial charge on any atom is 0.236 e. The number of hydrogen-bond acceptors (Lipinski definition) is 3. The Balaban J connectivity index is 2.29. The van der Waals surface area contributed by atoms with Gasteiger partial charge in [-0.15, -0.1) is 0 Å². The summed E-state index contributed by atoms with van der Waals surface area (Å²) in [5.41, 5.74) is -0.536. The molecule has 1 saturated heterocycles. The van der Waals surface area contributed by atoms with Gasteiger partial charge in [-0.2, -0.15) is 0 Å². The van der Waals surface area contributed by atoms with Crippen LogP contribution in [0.5, 0.6) is 0 Å². The Labute approximate surface area is 98.2 Å². The summed E-state index contributed by atoms with van der Waals surface area (Å²) < 4.78 is 0. The van der Waals surface area contributed by atoms with Crippen molar-refractivity contribution in [2.45, 2.75) is 45.3 Å². The van der Waals surface area contributed by atoms with Gasteiger partial charge in [-0.25, -0.2) is 0 Å². The molecule has 4 nitrogen and oxygen atoms in total. The maximum absolute atomic E-state index is 11.8. The Morgan fingerprint density at radius 1 is 1.50 bits per heavy atom. The second kappa shape index (κ2) is 5.15. The molecule has 0 aromatic rings. The number of carbonyl (C=O) groups excluding carboxylic acids is 1. The van der Waals surface area contributed by atoms with Crippen LogP contribution >= 0.6 is 0 Å². The normalized spacial score (nSPS) is 19.6. The van der Waals surface area contributed by atoms with Gasteiger partial charge >= 0.3 is 0 Å². The fourth-order valence-corrected chi connectivity index (χ4v) is 2.11. The third-order valence-corrected chi connectivity index (χ3v) is 3.28. The molecule has 1 aliphatic rings. The smallest absolute Gasteiger partial charge is 0.236 e. The van der Waals surface area contributed by atoms with E-state index in [1.165, 1.54) is 0 Å². The standard InChI is InChI=1S/C12H24N2O2/c1-5-6-12(16)8-14(9-12)7-11(15)13(4)10(2)3/h10,16H,5-9H2,1-4H3. The van der Waals surface area contributed by atoms with Crippen LogP contribution in [-0.2, 0) is 4.79 Å². The number of nitrogens with zero attached hydrogens (tertiary/aromatic N) is 2. The zero-order chi connectivity index (χ0) is 12.3. The van der Waals surface area contributed by atoms with Gasteiger partial charge < -0.3 is 10.0 Å². The predicted molar refractivity (Wildman–Crippen MR) is 64.2 cm³/mol. The first-order valence-corrected chi connectivity index (χ1v) is 6.08. The molecule has 0 bridgehead atoms. The van der Waals surface area contributed by atoms with Crippen molar-refractivity contribution in [3.63, 3.8) is 0 Å². The monoisotopic (exact) mass is 228 g/mol. The van der Waals surface area contributed by atoms with Crippen molar-refractivity contribution in [1.82, 2.24) is 9.80 Å². The van der Waals surface area contributed by atoms with Crippen LogP contribution in [0.25, 0.3) is 0 Å². The molecule has 1 heterocycles. The molecule has 0 spiro atoms. The van der Waals surface area contributed by atoms with Crippen LogP contribution < -0.4 is 0 Å². The summed E-state index contributed by atoms with van der Waals surface area (Å²) in [6.07, 6.45) is 1.82. The van der Waals surface area contributed by atoms with Crippen LogP contribution in [0, 0.1) is 0 Å². The summed E-state index contributed by atoms with van der Waals surface area (Å²) in [7, 11) is 1.82. The number of amides is 1. The van der Waals surface area contributed by atoms with Crippen LogP contribution in [0.15, 0.2) is 0 Å². The van der Waals surface area contributed by atoms with Gasteiger partial charge in [-0.05, 0) is 20.3 Å². The molecule has 0 saturated carbocycles. The SMILES string of the molecule is CCCC1(O)CN(CC(=O)N(C)C(C)C)C1. The second-order valence-corrected chi connectivity index (χ2v) is 5.22. The topological polar surface area (TPSA) is 43.8 Å². The van der Waals surface area contributed by atoms with E-state index in [0.717, 1.165) is 12.8 Å². The molecule has 0 aliphatic carbocycles. The molecular weight excluding hydrogens is 204 g/mol. The van der Waals surface area contributed by atoms with E-state index in [-0.39, 0.29) is 11.9 Å². The Bertz CT molecular complexity index is 247. The molecule has 1 amide bonds. The lowest BCUT2D eigenvalue weighted by molar-refractivity contribution is -0.142. The minimum atomic E-state index is -0.536. The van der Waals surface area contributed by atoms with Crippen molar-refractivity contribution >= 4 is 5.91 Å². The number of carbonyl (C=O) groups is 1. The van der Waals surface area contributed by atoms with Crippen molar-refractivity contribution in [3.05, 3.63) is 0 Å². The van der Waals surface area contributed by atoms with Gasteiger partial charge in [-0.3, -0.25) is 9.69 Å². The van der Waals surface area contributed by atoms with Crippen molar-refractivity contribution in [3.8, 4) is 0 Å². The third-order valence-electron chi connectivity index (χ3n) is 3.28. The van der Waals surface area contributed by atoms with Gasteiger partial charge in [0.1, 0.15) is 0 Å². The number of likely N-dealkylation sites (tertiary alicyclic amines) is 1. The summed E-state index contributed by atoms with van der Waals surface area (Å²) in [6, 6.07) is 0.239. The number of β-amino-alcohol motifs (C(OH)–C–C–N with tert-alkyl or cyclic N) is 1. The van der Waals surface area contributed by atoms with E-state index in [9.17, 15) is 9.90 Å². The van der Waals surface area contributed by atoms with Crippen LogP contribution in [-0.4, -0.2) is 59.1 Å². The summed E-state index contributed by atoms with van der Waals surface area (Å²) in [6.45, 7) is 7.78. The number of aliphatic hydroxyl groups is 1. The van der Waals surface area contributed by atoms with Gasteiger partial charge in [0.05, 0.1) is 12.1 Å². The molecule has 4 heteroatoms. The zero-order valence-corrected chi connectivity index (χ0v) is 10.9. The minimum Gasteiger partial charge on any atom is -0.387 e. The summed E-state index contributed by atoms with van der Waals surface area (Å²) in [4.78, 5) is 15.5. The van der Waals surface area contributed by atoms with E-state index in [0.29, 0.717) is 19.6 Å². The molecule has 1 rings (SSSR count). The summed E-state index contributed by atoms with van der Waals surface area (Å²) in [5, 5.41) is 9.97. The third kappa shape index (κ3) is 3.19. The predicted octanol–water partition coefficient (Wildman–Crippen LogP) is 0.700. The molecule has 0 aromatic carbocycles. The minimum absolute atomic E-state index is 0.133. The van der Waals surface area contributed by atoms with E-state index in [2.05, 4.69) is 6.92 Å². The number of likely N-dealkylation sites (N-methyl/N-ethyl adjacent to an activating group) is 1. The molecule has 94 valence electrons. The molecule has 0 unspecified atom stereocenters. The van der Waals surface area contributed by atoms with E-state index >= 15 is 0 Å². The fourth-order valence-electron chi connectivity index (χ4n) is 2.11. The van der Waals surface area contributed by atoms with Gasteiger partial charge in [0, 0.05) is 26.2 Å². The van der Waals surface area contributed by atoms with Gasteiger partial charge in [0.2, 0.25) is 5.91 Å². The summed E-state index contributed by atoms with van der Waals surface area (Å²) in [5.74, 6) is 0.133. The van der Waals surface area contributed by atoms with Crippen LogP contribution in [0.1, 0.15) is 33.6 Å². The highest BCUT2D eigenvalue weighted by atomic mass is 16.3. The lowest BCUT2D eigenvalue weighted by Crippen LogP contribution is -2.63. The van der Waals surface area contributed by atoms with Crippen LogP contribution in [0.3, 0.4) is 0 Å². The zero-order valence-electron chi connectivity index (χ0n) is 10.9. The first-order chi connectivity index (χ1) is 7.38. The largest absolute Gasteiger partial charge is 0.387 e. The first kappa shape index (κ1) is 13.5. The van der Waals surface area contributed by atoms with Gasteiger partial charge in [0.25, 0.3) is 0 Å². The van der Waals surface area contributed by atoms with E-state index in [4.69, 9.17) is 0 Å². The first-order valence-electron chi connectivity index (χ1n) is 6.08. The molecule has 0 atom stereocenters. The van der Waals surface area contributed by atoms with E-state index in [1.54, 1.807) is 4.90 Å². The Kier molecular flexibility index (Phi) is 4.33. The molecule has 0 radical (unpaired) electrons. The second-order valence-electron chi connectivity index (χ2n) is 5.22. The highest BCUT2D eigenvalue weighted by Gasteiger charge is 2.40. The Morgan fingerprint density at radius 2 is 2.06 bits per heavy atom. The van der Waals surface area contributed by atoms with Crippen LogP contribution in [0.4, 0.5) is 0 Å². The Morgan fingerprint density at radius 3 is 2.50 bits per heavy atom. The van der Waals surface area contributed by atoms with Crippen molar-refractivity contribution < 1.29 is 9.90 Å². The van der Waals surface area contributed by atoms with E-state index in [1.807, 2.05) is 25.8 Å². The van der Waals surface area contributed by atoms with Gasteiger partial charge in [0.15, 0.2) is 0 Å². The quantitative estimate of drug-likeness (QED) is 0.753. The lowest BCUT2D eigenvalue weighted by atomic mass is 9.89. The van der Waals surface area contributed by atoms with E-state index < -0.39 is 5.60 Å². The number of hydrogen-bond donors (Lipinski definition) is 1. The molecule has 16 heavy (non-hydrogen) atoms. The fraction of sp³-hybridized carbons (Fsp3) is 0.917. The van der Waals surface area contributed by atoms with Crippen molar-refractivity contribution in [1.29, 1.82) is 0 Å². The molecule has 0 aromatic heterocycles. The molecular formula is C12H24N2O2. The molecule has 1 aliphatic heterocycles. The Hall–Kier alpha value is -0.610.